The van der Waals surface area contributed by atoms with Crippen LogP contribution in [0.5, 0.6) is 0 Å². The molecule has 2 nitrogen and oxygen atoms in total. The average Bonchev–Trinajstić information content (AvgIpc) is 2.29. The van der Waals surface area contributed by atoms with Gasteiger partial charge in [-0.3, -0.25) is 0 Å². The number of pyridine rings is 1. The number of anilines is 2. The maximum atomic E-state index is 6.02. The van der Waals surface area contributed by atoms with Crippen molar-refractivity contribution in [1.82, 2.24) is 4.98 Å². The Hall–Kier alpha value is -0.670. The standard InChI is InChI=1S/C11H6Cl4N2/c12-6-1-2-11(16-5-6)17-10-4-8(14)7(13)3-9(10)15/h1-5H,(H,16,17). The van der Waals surface area contributed by atoms with Crippen LogP contribution in [0.2, 0.25) is 20.1 Å². The minimum absolute atomic E-state index is 0.409. The first-order valence-corrected chi connectivity index (χ1v) is 6.10. The van der Waals surface area contributed by atoms with Crippen LogP contribution in [0.25, 0.3) is 0 Å². The van der Waals surface area contributed by atoms with E-state index in [0.29, 0.717) is 31.6 Å². The number of nitrogens with zero attached hydrogens (tertiary/aromatic N) is 1. The fourth-order valence-corrected chi connectivity index (χ4v) is 1.91. The van der Waals surface area contributed by atoms with Gasteiger partial charge in [-0.1, -0.05) is 46.4 Å². The van der Waals surface area contributed by atoms with Crippen molar-refractivity contribution in [1.29, 1.82) is 0 Å². The summed E-state index contributed by atoms with van der Waals surface area (Å²) in [6.07, 6.45) is 1.54. The highest BCUT2D eigenvalue weighted by Gasteiger charge is 2.06. The number of rotatable bonds is 2. The molecular formula is C11H6Cl4N2. The number of hydrogen-bond acceptors (Lipinski definition) is 2. The number of halogens is 4. The Kier molecular flexibility index (Phi) is 4.00. The lowest BCUT2D eigenvalue weighted by atomic mass is 10.3. The van der Waals surface area contributed by atoms with Gasteiger partial charge in [0.1, 0.15) is 5.82 Å². The van der Waals surface area contributed by atoms with Gasteiger partial charge in [-0.15, -0.1) is 0 Å². The minimum Gasteiger partial charge on any atom is -0.339 e. The summed E-state index contributed by atoms with van der Waals surface area (Å²) in [6.45, 7) is 0. The summed E-state index contributed by atoms with van der Waals surface area (Å²) in [7, 11) is 0. The molecule has 0 saturated heterocycles. The van der Waals surface area contributed by atoms with E-state index in [0.717, 1.165) is 0 Å². The molecule has 0 unspecified atom stereocenters. The van der Waals surface area contributed by atoms with Crippen LogP contribution in [-0.2, 0) is 0 Å². The zero-order valence-electron chi connectivity index (χ0n) is 8.35. The molecule has 0 spiro atoms. The van der Waals surface area contributed by atoms with Gasteiger partial charge in [-0.2, -0.15) is 0 Å². The summed E-state index contributed by atoms with van der Waals surface area (Å²) in [5.41, 5.74) is 0.635. The van der Waals surface area contributed by atoms with Crippen LogP contribution < -0.4 is 5.32 Å². The van der Waals surface area contributed by atoms with Crippen molar-refractivity contribution >= 4 is 57.9 Å². The van der Waals surface area contributed by atoms with Crippen molar-refractivity contribution in [2.24, 2.45) is 0 Å². The molecule has 0 radical (unpaired) electrons. The van der Waals surface area contributed by atoms with Crippen LogP contribution >= 0.6 is 46.4 Å². The first-order chi connectivity index (χ1) is 8.06. The van der Waals surface area contributed by atoms with Gasteiger partial charge in [0, 0.05) is 6.20 Å². The second-order valence-corrected chi connectivity index (χ2v) is 4.89. The summed E-state index contributed by atoms with van der Waals surface area (Å²) >= 11 is 23.5. The molecule has 1 aromatic heterocycles. The zero-order valence-corrected chi connectivity index (χ0v) is 11.4. The molecule has 88 valence electrons. The largest absolute Gasteiger partial charge is 0.339 e. The van der Waals surface area contributed by atoms with E-state index in [2.05, 4.69) is 10.3 Å². The molecule has 2 rings (SSSR count). The Bertz CT molecular complexity index is 540. The van der Waals surface area contributed by atoms with Crippen molar-refractivity contribution in [2.75, 3.05) is 5.32 Å². The van der Waals surface area contributed by atoms with Gasteiger partial charge in [0.2, 0.25) is 0 Å². The van der Waals surface area contributed by atoms with Crippen molar-refractivity contribution in [3.05, 3.63) is 50.6 Å². The van der Waals surface area contributed by atoms with Gasteiger partial charge in [0.25, 0.3) is 0 Å². The summed E-state index contributed by atoms with van der Waals surface area (Å²) in [5.74, 6) is 0.620. The second kappa shape index (κ2) is 5.32. The summed E-state index contributed by atoms with van der Waals surface area (Å²) in [5, 5.41) is 4.89. The fraction of sp³-hybridized carbons (Fsp3) is 0. The van der Waals surface area contributed by atoms with Gasteiger partial charge >= 0.3 is 0 Å². The molecule has 0 aliphatic heterocycles. The predicted molar refractivity (Wildman–Crippen MR) is 74.0 cm³/mol. The number of hydrogen-bond donors (Lipinski definition) is 1. The lowest BCUT2D eigenvalue weighted by Crippen LogP contribution is -1.93. The Balaban J connectivity index is 2.30. The first-order valence-electron chi connectivity index (χ1n) is 4.59. The summed E-state index contributed by atoms with van der Waals surface area (Å²) in [4.78, 5) is 4.09. The van der Waals surface area contributed by atoms with Crippen LogP contribution in [0.1, 0.15) is 0 Å². The molecule has 0 atom stereocenters. The fourth-order valence-electron chi connectivity index (χ4n) is 1.21. The highest BCUT2D eigenvalue weighted by molar-refractivity contribution is 6.44. The lowest BCUT2D eigenvalue weighted by molar-refractivity contribution is 1.31. The van der Waals surface area contributed by atoms with E-state index in [1.165, 1.54) is 6.20 Å². The normalized spacial score (nSPS) is 10.4. The highest BCUT2D eigenvalue weighted by Crippen LogP contribution is 2.33. The summed E-state index contributed by atoms with van der Waals surface area (Å²) < 4.78 is 0. The number of benzene rings is 1. The molecule has 0 aliphatic carbocycles. The molecule has 1 heterocycles. The molecule has 0 fully saturated rings. The molecule has 0 bridgehead atoms. The maximum Gasteiger partial charge on any atom is 0.130 e. The molecule has 0 aliphatic rings. The van der Waals surface area contributed by atoms with E-state index in [1.54, 1.807) is 24.3 Å². The smallest absolute Gasteiger partial charge is 0.130 e. The third-order valence-corrected chi connectivity index (χ3v) is 3.26. The van der Waals surface area contributed by atoms with E-state index in [4.69, 9.17) is 46.4 Å². The van der Waals surface area contributed by atoms with Crippen LogP contribution in [0.15, 0.2) is 30.5 Å². The van der Waals surface area contributed by atoms with Gasteiger partial charge in [0.05, 0.1) is 25.8 Å². The Morgan fingerprint density at radius 2 is 1.59 bits per heavy atom. The third-order valence-electron chi connectivity index (χ3n) is 2.00. The molecule has 6 heteroatoms. The van der Waals surface area contributed by atoms with Crippen molar-refractivity contribution in [2.45, 2.75) is 0 Å². The maximum absolute atomic E-state index is 6.02. The molecule has 0 saturated carbocycles. The number of aromatic nitrogens is 1. The van der Waals surface area contributed by atoms with Crippen molar-refractivity contribution in [3.8, 4) is 0 Å². The van der Waals surface area contributed by atoms with E-state index in [9.17, 15) is 0 Å². The monoisotopic (exact) mass is 306 g/mol. The van der Waals surface area contributed by atoms with Gasteiger partial charge in [-0.25, -0.2) is 4.98 Å². The Morgan fingerprint density at radius 3 is 2.24 bits per heavy atom. The van der Waals surface area contributed by atoms with Crippen LogP contribution in [0.4, 0.5) is 11.5 Å². The third kappa shape index (κ3) is 3.17. The highest BCUT2D eigenvalue weighted by atomic mass is 35.5. The number of nitrogens with one attached hydrogen (secondary N) is 1. The molecule has 0 amide bonds. The zero-order chi connectivity index (χ0) is 12.4. The SMILES string of the molecule is Clc1ccc(Nc2cc(Cl)c(Cl)cc2Cl)nc1. The van der Waals surface area contributed by atoms with E-state index < -0.39 is 0 Å². The molecular weight excluding hydrogens is 302 g/mol. The predicted octanol–water partition coefficient (Wildman–Crippen LogP) is 5.44. The van der Waals surface area contributed by atoms with Crippen molar-refractivity contribution in [3.63, 3.8) is 0 Å². The average molecular weight is 308 g/mol. The Labute approximate surface area is 118 Å². The van der Waals surface area contributed by atoms with Gasteiger partial charge in [-0.05, 0) is 24.3 Å². The molecule has 1 N–H and O–H groups in total. The van der Waals surface area contributed by atoms with E-state index >= 15 is 0 Å². The second-order valence-electron chi connectivity index (χ2n) is 3.23. The minimum atomic E-state index is 0.409. The van der Waals surface area contributed by atoms with E-state index in [1.807, 2.05) is 0 Å². The quantitative estimate of drug-likeness (QED) is 0.747. The molecule has 17 heavy (non-hydrogen) atoms. The topological polar surface area (TPSA) is 24.9 Å². The van der Waals surface area contributed by atoms with Crippen LogP contribution in [0.3, 0.4) is 0 Å². The summed E-state index contributed by atoms with van der Waals surface area (Å²) in [6, 6.07) is 6.68. The Morgan fingerprint density at radius 1 is 0.882 bits per heavy atom. The van der Waals surface area contributed by atoms with Gasteiger partial charge in [0.15, 0.2) is 0 Å². The molecule has 2 aromatic rings. The lowest BCUT2D eigenvalue weighted by Gasteiger charge is -2.08. The van der Waals surface area contributed by atoms with Crippen LogP contribution in [0, 0.1) is 0 Å². The van der Waals surface area contributed by atoms with Gasteiger partial charge < -0.3 is 5.32 Å². The van der Waals surface area contributed by atoms with Crippen molar-refractivity contribution < 1.29 is 0 Å². The first kappa shape index (κ1) is 12.8. The van der Waals surface area contributed by atoms with E-state index in [-0.39, 0.29) is 0 Å². The molecule has 1 aromatic carbocycles. The van der Waals surface area contributed by atoms with Crippen LogP contribution in [-0.4, -0.2) is 4.98 Å².